The first kappa shape index (κ1) is 25.0. The molecule has 2 heterocycles. The van der Waals surface area contributed by atoms with Crippen molar-refractivity contribution in [2.45, 2.75) is 26.6 Å². The Hall–Kier alpha value is -3.67. The lowest BCUT2D eigenvalue weighted by Gasteiger charge is -2.12. The van der Waals surface area contributed by atoms with E-state index in [0.29, 0.717) is 24.0 Å². The maximum absolute atomic E-state index is 12.9. The Bertz CT molecular complexity index is 1160. The summed E-state index contributed by atoms with van der Waals surface area (Å²) in [4.78, 5) is 28.1. The first-order valence-electron chi connectivity index (χ1n) is 10.7. The van der Waals surface area contributed by atoms with Gasteiger partial charge in [-0.2, -0.15) is 18.3 Å². The number of halogens is 3. The molecule has 0 unspecified atom stereocenters. The van der Waals surface area contributed by atoms with Crippen LogP contribution < -0.4 is 20.7 Å². The molecule has 0 aliphatic carbocycles. The van der Waals surface area contributed by atoms with Crippen molar-refractivity contribution >= 4 is 28.4 Å². The minimum atomic E-state index is -4.67. The zero-order valence-corrected chi connectivity index (χ0v) is 18.7. The highest BCUT2D eigenvalue weighted by atomic mass is 19.4. The van der Waals surface area contributed by atoms with Crippen molar-refractivity contribution in [2.24, 2.45) is 0 Å². The number of likely N-dealkylation sites (N-methyl/N-ethyl adjacent to an activating group) is 1. The zero-order valence-electron chi connectivity index (χ0n) is 18.7. The molecule has 0 bridgehead atoms. The van der Waals surface area contributed by atoms with Crippen molar-refractivity contribution in [3.63, 3.8) is 0 Å². The molecule has 34 heavy (non-hydrogen) atoms. The second kappa shape index (κ2) is 11.0. The summed E-state index contributed by atoms with van der Waals surface area (Å²) in [6.45, 7) is 5.96. The van der Waals surface area contributed by atoms with E-state index in [-0.39, 0.29) is 36.2 Å². The van der Waals surface area contributed by atoms with Gasteiger partial charge in [0, 0.05) is 30.7 Å². The number of nitrogens with one attached hydrogen (secondary N) is 3. The van der Waals surface area contributed by atoms with Gasteiger partial charge in [-0.1, -0.05) is 13.0 Å². The van der Waals surface area contributed by atoms with Gasteiger partial charge in [-0.15, -0.1) is 0 Å². The third-order valence-electron chi connectivity index (χ3n) is 4.65. The van der Waals surface area contributed by atoms with Gasteiger partial charge in [0.2, 0.25) is 5.91 Å². The summed E-state index contributed by atoms with van der Waals surface area (Å²) in [7, 11) is 0. The molecule has 3 N–H and O–H groups in total. The molecule has 2 amide bonds. The van der Waals surface area contributed by atoms with Crippen molar-refractivity contribution in [3.8, 4) is 5.75 Å². The van der Waals surface area contributed by atoms with Crippen LogP contribution in [-0.4, -0.2) is 52.8 Å². The molecule has 3 aromatic rings. The normalized spacial score (nSPS) is 11.4. The molecule has 0 spiro atoms. The fraction of sp³-hybridized carbons (Fsp3) is 0.364. The number of hydrogen-bond acceptors (Lipinski definition) is 6. The molecule has 2 aromatic heterocycles. The number of hydrogen-bond donors (Lipinski definition) is 3. The Morgan fingerprint density at radius 1 is 1.15 bits per heavy atom. The molecular weight excluding hydrogens is 453 g/mol. The van der Waals surface area contributed by atoms with E-state index in [2.05, 4.69) is 26.0 Å². The number of nitrogens with zero attached hydrogens (tertiary/aromatic N) is 3. The van der Waals surface area contributed by atoms with E-state index in [1.54, 1.807) is 25.3 Å². The Morgan fingerprint density at radius 2 is 1.94 bits per heavy atom. The van der Waals surface area contributed by atoms with E-state index >= 15 is 0 Å². The van der Waals surface area contributed by atoms with Crippen LogP contribution in [0.2, 0.25) is 0 Å². The highest BCUT2D eigenvalue weighted by Gasteiger charge is 2.33. The van der Waals surface area contributed by atoms with Gasteiger partial charge < -0.3 is 20.7 Å². The van der Waals surface area contributed by atoms with E-state index in [1.807, 2.05) is 6.92 Å². The number of rotatable bonds is 10. The number of anilines is 1. The van der Waals surface area contributed by atoms with E-state index < -0.39 is 17.8 Å². The number of ether oxygens (including phenoxy) is 1. The molecule has 182 valence electrons. The third-order valence-corrected chi connectivity index (χ3v) is 4.65. The number of carbonyl (C=O) groups is 2. The minimum absolute atomic E-state index is 0.000615. The fourth-order valence-electron chi connectivity index (χ4n) is 3.13. The summed E-state index contributed by atoms with van der Waals surface area (Å²) in [6.07, 6.45) is -3.04. The minimum Gasteiger partial charge on any atom is -0.492 e. The Labute approximate surface area is 193 Å². The topological polar surface area (TPSA) is 110 Å². The predicted octanol–water partition coefficient (Wildman–Crippen LogP) is 2.83. The van der Waals surface area contributed by atoms with Crippen LogP contribution in [0, 0.1) is 0 Å². The van der Waals surface area contributed by atoms with Crippen molar-refractivity contribution in [3.05, 3.63) is 47.9 Å². The first-order chi connectivity index (χ1) is 16.2. The van der Waals surface area contributed by atoms with Crippen LogP contribution in [0.4, 0.5) is 18.9 Å². The molecule has 12 heteroatoms. The van der Waals surface area contributed by atoms with Crippen molar-refractivity contribution < 1.29 is 27.5 Å². The first-order valence-corrected chi connectivity index (χ1v) is 10.7. The summed E-state index contributed by atoms with van der Waals surface area (Å²) in [5.74, 6) is -0.741. The SMILES string of the molecule is CCNCCNC(=O)Cn1cc2cc(NC(=O)c3cccc(C(F)(F)F)n3)c(OCC)cc2n1. The van der Waals surface area contributed by atoms with Gasteiger partial charge in [-0.25, -0.2) is 4.98 Å². The average Bonchev–Trinajstić information content (AvgIpc) is 3.17. The van der Waals surface area contributed by atoms with Crippen molar-refractivity contribution in [1.82, 2.24) is 25.4 Å². The van der Waals surface area contributed by atoms with Crippen LogP contribution in [0.1, 0.15) is 30.0 Å². The van der Waals surface area contributed by atoms with Gasteiger partial charge >= 0.3 is 6.18 Å². The zero-order chi connectivity index (χ0) is 24.7. The summed E-state index contributed by atoms with van der Waals surface area (Å²) >= 11 is 0. The van der Waals surface area contributed by atoms with E-state index in [9.17, 15) is 22.8 Å². The van der Waals surface area contributed by atoms with Gasteiger partial charge in [0.1, 0.15) is 23.7 Å². The van der Waals surface area contributed by atoms with E-state index in [4.69, 9.17) is 4.74 Å². The number of carbonyl (C=O) groups excluding carboxylic acids is 2. The van der Waals surface area contributed by atoms with Gasteiger partial charge in [0.15, 0.2) is 0 Å². The maximum atomic E-state index is 12.9. The number of aromatic nitrogens is 3. The highest BCUT2D eigenvalue weighted by Crippen LogP contribution is 2.31. The lowest BCUT2D eigenvalue weighted by Crippen LogP contribution is -2.33. The second-order valence-electron chi connectivity index (χ2n) is 7.23. The number of benzene rings is 1. The lowest BCUT2D eigenvalue weighted by molar-refractivity contribution is -0.141. The molecule has 0 fully saturated rings. The summed E-state index contributed by atoms with van der Waals surface area (Å²) in [5.41, 5.74) is -0.778. The van der Waals surface area contributed by atoms with Crippen LogP contribution in [0.25, 0.3) is 10.9 Å². The van der Waals surface area contributed by atoms with Crippen LogP contribution >= 0.6 is 0 Å². The van der Waals surface area contributed by atoms with Gasteiger partial charge in [0.25, 0.3) is 5.91 Å². The maximum Gasteiger partial charge on any atom is 0.433 e. The summed E-state index contributed by atoms with van der Waals surface area (Å²) in [5, 5.41) is 13.4. The predicted molar refractivity (Wildman–Crippen MR) is 120 cm³/mol. The molecule has 3 rings (SSSR count). The lowest BCUT2D eigenvalue weighted by atomic mass is 10.2. The largest absolute Gasteiger partial charge is 0.492 e. The molecule has 9 nitrogen and oxygen atoms in total. The van der Waals surface area contributed by atoms with Gasteiger partial charge in [0.05, 0.1) is 17.8 Å². The quantitative estimate of drug-likeness (QED) is 0.387. The Kier molecular flexibility index (Phi) is 8.05. The standard InChI is InChI=1S/C22H25F3N6O3/c1-3-26-8-9-27-20(32)13-31-12-14-10-17(18(34-4-2)11-16(14)30-31)29-21(33)15-6-5-7-19(28-15)22(23,24)25/h5-7,10-12,26H,3-4,8-9,13H2,1-2H3,(H,27,32)(H,29,33). The van der Waals surface area contributed by atoms with E-state index in [1.165, 1.54) is 10.7 Å². The number of pyridine rings is 1. The van der Waals surface area contributed by atoms with Gasteiger partial charge in [-0.3, -0.25) is 14.3 Å². The number of fused-ring (bicyclic) bond motifs is 1. The smallest absolute Gasteiger partial charge is 0.433 e. The fourth-order valence-corrected chi connectivity index (χ4v) is 3.13. The van der Waals surface area contributed by atoms with Crippen LogP contribution in [0.3, 0.4) is 0 Å². The third kappa shape index (κ3) is 6.44. The highest BCUT2D eigenvalue weighted by molar-refractivity contribution is 6.05. The molecule has 0 saturated carbocycles. The molecule has 0 saturated heterocycles. The summed E-state index contributed by atoms with van der Waals surface area (Å²) in [6, 6.07) is 6.27. The van der Waals surface area contributed by atoms with Crippen LogP contribution in [0.5, 0.6) is 5.75 Å². The molecule has 1 aromatic carbocycles. The molecule has 0 atom stereocenters. The van der Waals surface area contributed by atoms with E-state index in [0.717, 1.165) is 18.7 Å². The van der Waals surface area contributed by atoms with Crippen LogP contribution in [0.15, 0.2) is 36.5 Å². The monoisotopic (exact) mass is 478 g/mol. The Morgan fingerprint density at radius 3 is 2.65 bits per heavy atom. The average molecular weight is 478 g/mol. The Balaban J connectivity index is 1.80. The number of alkyl halides is 3. The molecule has 0 radical (unpaired) electrons. The second-order valence-corrected chi connectivity index (χ2v) is 7.23. The number of amides is 2. The van der Waals surface area contributed by atoms with Crippen molar-refractivity contribution in [2.75, 3.05) is 31.6 Å². The van der Waals surface area contributed by atoms with Crippen LogP contribution in [-0.2, 0) is 17.5 Å². The molecule has 0 aliphatic rings. The molecule has 0 aliphatic heterocycles. The van der Waals surface area contributed by atoms with Crippen molar-refractivity contribution in [1.29, 1.82) is 0 Å². The summed E-state index contributed by atoms with van der Waals surface area (Å²) < 4.78 is 45.9. The molecular formula is C22H25F3N6O3. The van der Waals surface area contributed by atoms with Gasteiger partial charge in [-0.05, 0) is 31.7 Å².